The van der Waals surface area contributed by atoms with Crippen LogP contribution in [0.5, 0.6) is 0 Å². The number of halogens is 3. The molecule has 0 unspecified atom stereocenters. The highest BCUT2D eigenvalue weighted by molar-refractivity contribution is 5.90. The van der Waals surface area contributed by atoms with Gasteiger partial charge < -0.3 is 20.9 Å². The predicted octanol–water partition coefficient (Wildman–Crippen LogP) is 2.41. The van der Waals surface area contributed by atoms with Gasteiger partial charge in [0.1, 0.15) is 0 Å². The van der Waals surface area contributed by atoms with Crippen LogP contribution < -0.4 is 16.0 Å². The van der Waals surface area contributed by atoms with Crippen LogP contribution >= 0.6 is 0 Å². The van der Waals surface area contributed by atoms with E-state index in [1.165, 1.54) is 24.0 Å². The Morgan fingerprint density at radius 1 is 1.13 bits per heavy atom. The maximum atomic E-state index is 12.8. The van der Waals surface area contributed by atoms with E-state index in [0.717, 1.165) is 6.07 Å². The predicted molar refractivity (Wildman–Crippen MR) is 80.3 cm³/mol. The number of amides is 4. The molecule has 0 saturated heterocycles. The number of nitrogens with zero attached hydrogens (tertiary/aromatic N) is 1. The molecule has 3 N–H and O–H groups in total. The molecule has 1 rings (SSSR count). The van der Waals surface area contributed by atoms with Crippen LogP contribution in [0, 0.1) is 6.92 Å². The lowest BCUT2D eigenvalue weighted by atomic mass is 10.1. The Kier molecular flexibility index (Phi) is 6.23. The zero-order chi connectivity index (χ0) is 17.6. The lowest BCUT2D eigenvalue weighted by Crippen LogP contribution is -2.40. The molecule has 6 nitrogen and oxygen atoms in total. The summed E-state index contributed by atoms with van der Waals surface area (Å²) >= 11 is 0. The Morgan fingerprint density at radius 2 is 1.74 bits per heavy atom. The van der Waals surface area contributed by atoms with Gasteiger partial charge in [0.2, 0.25) is 0 Å². The summed E-state index contributed by atoms with van der Waals surface area (Å²) in [7, 11) is 3.15. The summed E-state index contributed by atoms with van der Waals surface area (Å²) in [5.74, 6) is 0. The number of carbonyl (C=O) groups is 2. The van der Waals surface area contributed by atoms with Crippen LogP contribution in [-0.4, -0.2) is 44.1 Å². The van der Waals surface area contributed by atoms with Crippen LogP contribution in [0.1, 0.15) is 11.1 Å². The van der Waals surface area contributed by atoms with Crippen molar-refractivity contribution in [3.63, 3.8) is 0 Å². The molecule has 0 heterocycles. The van der Waals surface area contributed by atoms with Crippen molar-refractivity contribution >= 4 is 17.7 Å². The summed E-state index contributed by atoms with van der Waals surface area (Å²) in [4.78, 5) is 24.3. The van der Waals surface area contributed by atoms with Gasteiger partial charge in [-0.15, -0.1) is 0 Å². The van der Waals surface area contributed by atoms with Gasteiger partial charge in [-0.25, -0.2) is 9.59 Å². The minimum absolute atomic E-state index is 0.0592. The molecule has 0 saturated carbocycles. The highest BCUT2D eigenvalue weighted by Crippen LogP contribution is 2.34. The molecule has 0 aliphatic rings. The summed E-state index contributed by atoms with van der Waals surface area (Å²) in [5.41, 5.74) is -0.778. The molecule has 0 radical (unpaired) electrons. The average Bonchev–Trinajstić information content (AvgIpc) is 2.44. The molecular weight excluding hydrogens is 313 g/mol. The molecule has 4 amide bonds. The summed E-state index contributed by atoms with van der Waals surface area (Å²) in [6, 6.07) is 2.61. The number of alkyl halides is 3. The minimum atomic E-state index is -4.48. The zero-order valence-corrected chi connectivity index (χ0v) is 13.0. The van der Waals surface area contributed by atoms with Gasteiger partial charge in [0, 0.05) is 32.9 Å². The Hall–Kier alpha value is -2.45. The number of carbonyl (C=O) groups excluding carboxylic acids is 2. The number of urea groups is 2. The smallest absolute Gasteiger partial charge is 0.336 e. The first-order valence-electron chi connectivity index (χ1n) is 6.79. The summed E-state index contributed by atoms with van der Waals surface area (Å²) < 4.78 is 38.3. The van der Waals surface area contributed by atoms with Crippen molar-refractivity contribution in [2.24, 2.45) is 0 Å². The molecule has 0 fully saturated rings. The average molecular weight is 332 g/mol. The maximum Gasteiger partial charge on any atom is 0.416 e. The number of rotatable bonds is 4. The number of benzene rings is 1. The first kappa shape index (κ1) is 18.6. The van der Waals surface area contributed by atoms with E-state index in [9.17, 15) is 22.8 Å². The van der Waals surface area contributed by atoms with Crippen LogP contribution in [0.25, 0.3) is 0 Å². The fraction of sp³-hybridized carbons (Fsp3) is 0.429. The molecule has 1 aromatic rings. The molecule has 0 atom stereocenters. The van der Waals surface area contributed by atoms with Crippen molar-refractivity contribution < 1.29 is 22.8 Å². The van der Waals surface area contributed by atoms with Gasteiger partial charge in [0.15, 0.2) is 0 Å². The second-order valence-electron chi connectivity index (χ2n) is 4.98. The number of anilines is 1. The van der Waals surface area contributed by atoms with Crippen LogP contribution in [0.4, 0.5) is 28.4 Å². The summed E-state index contributed by atoms with van der Waals surface area (Å²) in [5, 5.41) is 7.34. The first-order chi connectivity index (χ1) is 10.6. The monoisotopic (exact) mass is 332 g/mol. The highest BCUT2D eigenvalue weighted by Gasteiger charge is 2.33. The van der Waals surface area contributed by atoms with Gasteiger partial charge in [0.05, 0.1) is 5.56 Å². The van der Waals surface area contributed by atoms with E-state index in [1.807, 2.05) is 0 Å². The Bertz CT molecular complexity index is 574. The molecule has 23 heavy (non-hydrogen) atoms. The largest absolute Gasteiger partial charge is 0.416 e. The highest BCUT2D eigenvalue weighted by atomic mass is 19.4. The van der Waals surface area contributed by atoms with Gasteiger partial charge in [-0.2, -0.15) is 13.2 Å². The molecule has 9 heteroatoms. The summed E-state index contributed by atoms with van der Waals surface area (Å²) in [6.07, 6.45) is -4.48. The quantitative estimate of drug-likeness (QED) is 0.741. The number of hydrogen-bond donors (Lipinski definition) is 3. The molecule has 0 aliphatic heterocycles. The van der Waals surface area contributed by atoms with Crippen molar-refractivity contribution in [1.29, 1.82) is 0 Å². The number of hydrogen-bond acceptors (Lipinski definition) is 2. The molecule has 0 aliphatic carbocycles. The Balaban J connectivity index is 2.54. The van der Waals surface area contributed by atoms with E-state index in [4.69, 9.17) is 0 Å². The lowest BCUT2D eigenvalue weighted by molar-refractivity contribution is -0.138. The number of nitrogens with one attached hydrogen (secondary N) is 3. The van der Waals surface area contributed by atoms with Gasteiger partial charge in [0.25, 0.3) is 0 Å². The normalized spacial score (nSPS) is 10.9. The van der Waals surface area contributed by atoms with E-state index < -0.39 is 17.8 Å². The van der Waals surface area contributed by atoms with Crippen LogP contribution in [0.3, 0.4) is 0 Å². The van der Waals surface area contributed by atoms with E-state index in [-0.39, 0.29) is 30.4 Å². The third kappa shape index (κ3) is 5.68. The fourth-order valence-corrected chi connectivity index (χ4v) is 1.75. The van der Waals surface area contributed by atoms with Crippen LogP contribution in [-0.2, 0) is 6.18 Å². The fourth-order valence-electron chi connectivity index (χ4n) is 1.75. The Morgan fingerprint density at radius 3 is 2.30 bits per heavy atom. The second-order valence-corrected chi connectivity index (χ2v) is 4.98. The van der Waals surface area contributed by atoms with Crippen molar-refractivity contribution in [2.75, 3.05) is 32.5 Å². The molecule has 0 bridgehead atoms. The van der Waals surface area contributed by atoms with Crippen molar-refractivity contribution in [3.8, 4) is 0 Å². The molecule has 0 spiro atoms. The third-order valence-electron chi connectivity index (χ3n) is 2.98. The Labute approximate surface area is 132 Å². The van der Waals surface area contributed by atoms with Crippen LogP contribution in [0.15, 0.2) is 18.2 Å². The minimum Gasteiger partial charge on any atom is -0.336 e. The SMILES string of the molecule is Cc1c(NC(=O)NCCNC(=O)N(C)C)cccc1C(F)(F)F. The molecule has 128 valence electrons. The van der Waals surface area contributed by atoms with E-state index >= 15 is 0 Å². The maximum absolute atomic E-state index is 12.8. The zero-order valence-electron chi connectivity index (χ0n) is 13.0. The van der Waals surface area contributed by atoms with E-state index in [0.29, 0.717) is 0 Å². The van der Waals surface area contributed by atoms with Crippen LogP contribution in [0.2, 0.25) is 0 Å². The van der Waals surface area contributed by atoms with Gasteiger partial charge in [-0.3, -0.25) is 0 Å². The molecule has 1 aromatic carbocycles. The van der Waals surface area contributed by atoms with Crippen molar-refractivity contribution in [1.82, 2.24) is 15.5 Å². The van der Waals surface area contributed by atoms with Crippen molar-refractivity contribution in [3.05, 3.63) is 29.3 Å². The molecule has 0 aromatic heterocycles. The van der Waals surface area contributed by atoms with Crippen molar-refractivity contribution in [2.45, 2.75) is 13.1 Å². The standard InChI is InChI=1S/C14H19F3N4O2/c1-9-10(14(15,16)17)5-4-6-11(9)20-12(22)18-7-8-19-13(23)21(2)3/h4-6H,7-8H2,1-3H3,(H,19,23)(H2,18,20,22). The van der Waals surface area contributed by atoms with E-state index in [2.05, 4.69) is 16.0 Å². The molecular formula is C14H19F3N4O2. The van der Waals surface area contributed by atoms with Gasteiger partial charge in [-0.05, 0) is 24.6 Å². The van der Waals surface area contributed by atoms with Gasteiger partial charge in [-0.1, -0.05) is 6.07 Å². The van der Waals surface area contributed by atoms with Gasteiger partial charge >= 0.3 is 18.2 Å². The third-order valence-corrected chi connectivity index (χ3v) is 2.98. The second kappa shape index (κ2) is 7.70. The topological polar surface area (TPSA) is 73.5 Å². The lowest BCUT2D eigenvalue weighted by Gasteiger charge is -2.15. The summed E-state index contributed by atoms with van der Waals surface area (Å²) in [6.45, 7) is 1.63. The first-order valence-corrected chi connectivity index (χ1v) is 6.79. The van der Waals surface area contributed by atoms with E-state index in [1.54, 1.807) is 14.1 Å².